The van der Waals surface area contributed by atoms with E-state index in [1.54, 1.807) is 7.05 Å². The predicted octanol–water partition coefficient (Wildman–Crippen LogP) is 1.08. The Morgan fingerprint density at radius 2 is 2.00 bits per heavy atom. The van der Waals surface area contributed by atoms with Crippen molar-refractivity contribution >= 4 is 21.6 Å². The number of imidazole rings is 1. The predicted molar refractivity (Wildman–Crippen MR) is 78.2 cm³/mol. The van der Waals surface area contributed by atoms with Gasteiger partial charge in [0.25, 0.3) is 10.0 Å². The lowest BCUT2D eigenvalue weighted by Crippen LogP contribution is -2.43. The number of nitrogens with zero attached hydrogens (tertiary/aromatic N) is 3. The molecule has 0 spiro atoms. The van der Waals surface area contributed by atoms with Gasteiger partial charge < -0.3 is 9.47 Å². The van der Waals surface area contributed by atoms with Gasteiger partial charge in [0.05, 0.1) is 6.33 Å². The molecule has 2 heterocycles. The van der Waals surface area contributed by atoms with Crippen LogP contribution in [0.15, 0.2) is 11.4 Å². The average Bonchev–Trinajstić information content (AvgIpc) is 2.73. The number of hydrogen-bond donors (Lipinski definition) is 1. The molecule has 0 saturated carbocycles. The summed E-state index contributed by atoms with van der Waals surface area (Å²) in [6, 6.07) is 0. The first-order valence-electron chi connectivity index (χ1n) is 6.59. The molecule has 114 valence electrons. The third-order valence-electron chi connectivity index (χ3n) is 3.97. The molecular formula is C12H21ClN4O2S. The summed E-state index contributed by atoms with van der Waals surface area (Å²) >= 11 is 5.94. The first-order valence-corrected chi connectivity index (χ1v) is 8.45. The highest BCUT2D eigenvalue weighted by Crippen LogP contribution is 2.30. The summed E-state index contributed by atoms with van der Waals surface area (Å²) in [5, 5.41) is 0.0317. The number of piperidine rings is 1. The van der Waals surface area contributed by atoms with Crippen molar-refractivity contribution in [2.24, 2.45) is 12.5 Å². The summed E-state index contributed by atoms with van der Waals surface area (Å²) in [5.74, 6) is 0. The summed E-state index contributed by atoms with van der Waals surface area (Å²) in [6.07, 6.45) is 3.35. The van der Waals surface area contributed by atoms with Gasteiger partial charge in [-0.05, 0) is 38.4 Å². The fourth-order valence-corrected chi connectivity index (χ4v) is 3.87. The lowest BCUT2D eigenvalue weighted by atomic mass is 9.81. The molecular weight excluding hydrogens is 300 g/mol. The highest BCUT2D eigenvalue weighted by Gasteiger charge is 2.31. The molecule has 0 aliphatic carbocycles. The Hall–Kier alpha value is -0.630. The van der Waals surface area contributed by atoms with Crippen LogP contribution < -0.4 is 4.72 Å². The van der Waals surface area contributed by atoms with Crippen molar-refractivity contribution in [2.45, 2.75) is 24.8 Å². The number of nitrogens with one attached hydrogen (secondary N) is 1. The summed E-state index contributed by atoms with van der Waals surface area (Å²) < 4.78 is 28.6. The normalized spacial score (nSPS) is 20.2. The molecule has 1 fully saturated rings. The van der Waals surface area contributed by atoms with Crippen LogP contribution in [0.3, 0.4) is 0 Å². The molecule has 1 saturated heterocycles. The van der Waals surface area contributed by atoms with Crippen LogP contribution >= 0.6 is 11.6 Å². The van der Waals surface area contributed by atoms with E-state index in [0.29, 0.717) is 6.54 Å². The van der Waals surface area contributed by atoms with Gasteiger partial charge in [0.2, 0.25) is 5.03 Å². The largest absolute Gasteiger partial charge is 0.324 e. The molecule has 1 aliphatic rings. The number of aromatic nitrogens is 2. The van der Waals surface area contributed by atoms with E-state index in [1.807, 2.05) is 0 Å². The zero-order chi connectivity index (χ0) is 15.0. The number of likely N-dealkylation sites (tertiary alicyclic amines) is 1. The zero-order valence-electron chi connectivity index (χ0n) is 12.1. The lowest BCUT2D eigenvalue weighted by molar-refractivity contribution is 0.143. The second-order valence-electron chi connectivity index (χ2n) is 5.89. The second-order valence-corrected chi connectivity index (χ2v) is 7.93. The molecule has 6 nitrogen and oxygen atoms in total. The van der Waals surface area contributed by atoms with Crippen molar-refractivity contribution in [3.63, 3.8) is 0 Å². The Morgan fingerprint density at radius 1 is 1.40 bits per heavy atom. The van der Waals surface area contributed by atoms with E-state index in [2.05, 4.69) is 28.6 Å². The SMILES string of the molecule is CN1CCC(C)(CNS(=O)(=O)c2ncn(C)c2Cl)CC1. The van der Waals surface area contributed by atoms with Gasteiger partial charge in [-0.1, -0.05) is 18.5 Å². The van der Waals surface area contributed by atoms with Crippen LogP contribution in [0, 0.1) is 5.41 Å². The van der Waals surface area contributed by atoms with Crippen molar-refractivity contribution in [2.75, 3.05) is 26.7 Å². The van der Waals surface area contributed by atoms with E-state index in [-0.39, 0.29) is 15.6 Å². The molecule has 0 unspecified atom stereocenters. The van der Waals surface area contributed by atoms with E-state index in [9.17, 15) is 8.42 Å². The van der Waals surface area contributed by atoms with Gasteiger partial charge in [0.1, 0.15) is 5.15 Å². The Bertz CT molecular complexity index is 576. The molecule has 0 amide bonds. The minimum atomic E-state index is -3.65. The van der Waals surface area contributed by atoms with Crippen LogP contribution in [0.25, 0.3) is 0 Å². The summed E-state index contributed by atoms with van der Waals surface area (Å²) in [4.78, 5) is 6.11. The van der Waals surface area contributed by atoms with Gasteiger partial charge in [0, 0.05) is 13.6 Å². The maximum absolute atomic E-state index is 12.2. The van der Waals surface area contributed by atoms with E-state index in [0.717, 1.165) is 25.9 Å². The maximum atomic E-state index is 12.2. The van der Waals surface area contributed by atoms with Crippen LogP contribution in [-0.4, -0.2) is 49.6 Å². The number of halogens is 1. The van der Waals surface area contributed by atoms with Gasteiger partial charge in [0.15, 0.2) is 0 Å². The fourth-order valence-electron chi connectivity index (χ4n) is 2.25. The molecule has 0 aromatic carbocycles. The first kappa shape index (κ1) is 15.8. The Labute approximate surface area is 125 Å². The zero-order valence-corrected chi connectivity index (χ0v) is 13.6. The maximum Gasteiger partial charge on any atom is 0.261 e. The van der Waals surface area contributed by atoms with Crippen molar-refractivity contribution in [3.8, 4) is 0 Å². The number of aryl methyl sites for hydroxylation is 1. The monoisotopic (exact) mass is 320 g/mol. The summed E-state index contributed by atoms with van der Waals surface area (Å²) in [5.41, 5.74) is -0.0131. The van der Waals surface area contributed by atoms with E-state index >= 15 is 0 Å². The van der Waals surface area contributed by atoms with E-state index in [4.69, 9.17) is 11.6 Å². The van der Waals surface area contributed by atoms with Gasteiger partial charge in [-0.3, -0.25) is 0 Å². The van der Waals surface area contributed by atoms with Crippen LogP contribution in [0.5, 0.6) is 0 Å². The van der Waals surface area contributed by atoms with E-state index < -0.39 is 10.0 Å². The van der Waals surface area contributed by atoms with Gasteiger partial charge in [-0.25, -0.2) is 18.1 Å². The number of hydrogen-bond acceptors (Lipinski definition) is 4. The highest BCUT2D eigenvalue weighted by molar-refractivity contribution is 7.89. The number of rotatable bonds is 4. The third-order valence-corrected chi connectivity index (χ3v) is 5.86. The quantitative estimate of drug-likeness (QED) is 0.901. The fraction of sp³-hybridized carbons (Fsp3) is 0.750. The van der Waals surface area contributed by atoms with E-state index in [1.165, 1.54) is 10.9 Å². The van der Waals surface area contributed by atoms with Crippen molar-refractivity contribution in [1.82, 2.24) is 19.2 Å². The van der Waals surface area contributed by atoms with Crippen LogP contribution in [-0.2, 0) is 17.1 Å². The van der Waals surface area contributed by atoms with Gasteiger partial charge >= 0.3 is 0 Å². The molecule has 0 bridgehead atoms. The van der Waals surface area contributed by atoms with Crippen LogP contribution in [0.1, 0.15) is 19.8 Å². The molecule has 1 N–H and O–H groups in total. The first-order chi connectivity index (χ1) is 9.23. The molecule has 20 heavy (non-hydrogen) atoms. The van der Waals surface area contributed by atoms with Crippen molar-refractivity contribution in [1.29, 1.82) is 0 Å². The average molecular weight is 321 g/mol. The molecule has 2 rings (SSSR count). The molecule has 1 aromatic heterocycles. The Balaban J connectivity index is 2.05. The topological polar surface area (TPSA) is 67.2 Å². The lowest BCUT2D eigenvalue weighted by Gasteiger charge is -2.37. The minimum absolute atomic E-state index is 0.0131. The molecule has 1 aromatic rings. The molecule has 8 heteroatoms. The Kier molecular flexibility index (Phi) is 4.44. The number of sulfonamides is 1. The minimum Gasteiger partial charge on any atom is -0.324 e. The van der Waals surface area contributed by atoms with Crippen molar-refractivity contribution < 1.29 is 8.42 Å². The van der Waals surface area contributed by atoms with Crippen molar-refractivity contribution in [3.05, 3.63) is 11.5 Å². The molecule has 0 radical (unpaired) electrons. The van der Waals surface area contributed by atoms with Gasteiger partial charge in [-0.2, -0.15) is 0 Å². The standard InChI is InChI=1S/C12H21ClN4O2S/c1-12(4-6-16(2)7-5-12)8-15-20(18,19)11-10(13)17(3)9-14-11/h9,15H,4-8H2,1-3H3. The Morgan fingerprint density at radius 3 is 2.50 bits per heavy atom. The summed E-state index contributed by atoms with van der Waals surface area (Å²) in [6.45, 7) is 4.50. The van der Waals surface area contributed by atoms with Crippen LogP contribution in [0.4, 0.5) is 0 Å². The second kappa shape index (κ2) is 5.63. The highest BCUT2D eigenvalue weighted by atomic mass is 35.5. The van der Waals surface area contributed by atoms with Gasteiger partial charge in [-0.15, -0.1) is 0 Å². The van der Waals surface area contributed by atoms with Crippen LogP contribution in [0.2, 0.25) is 5.15 Å². The third kappa shape index (κ3) is 3.33. The summed E-state index contributed by atoms with van der Waals surface area (Å²) in [7, 11) is 0.0915. The molecule has 1 aliphatic heterocycles. The molecule has 0 atom stereocenters. The smallest absolute Gasteiger partial charge is 0.261 e.